The summed E-state index contributed by atoms with van der Waals surface area (Å²) in [7, 11) is 0. The minimum Gasteiger partial charge on any atom is -0.362 e. The molecule has 1 saturated carbocycles. The molecular weight excluding hydrogens is 228 g/mol. The van der Waals surface area contributed by atoms with Crippen molar-refractivity contribution >= 4 is 16.9 Å². The zero-order valence-electron chi connectivity index (χ0n) is 12.0. The summed E-state index contributed by atoms with van der Waals surface area (Å²) in [5.41, 5.74) is 0.907. The van der Waals surface area contributed by atoms with Crippen LogP contribution in [-0.2, 0) is 0 Å². The van der Waals surface area contributed by atoms with Crippen molar-refractivity contribution in [3.8, 4) is 0 Å². The minimum atomic E-state index is 0.454. The maximum Gasteiger partial charge on any atom is 0.156 e. The van der Waals surface area contributed by atoms with Gasteiger partial charge in [0.15, 0.2) is 5.17 Å². The van der Waals surface area contributed by atoms with E-state index in [2.05, 4.69) is 46.9 Å². The Labute approximate surface area is 110 Å². The summed E-state index contributed by atoms with van der Waals surface area (Å²) >= 11 is 1.88. The van der Waals surface area contributed by atoms with Crippen LogP contribution in [-0.4, -0.2) is 23.5 Å². The monoisotopic (exact) mass is 254 g/mol. The summed E-state index contributed by atoms with van der Waals surface area (Å²) in [4.78, 5) is 4.79. The second-order valence-electron chi connectivity index (χ2n) is 6.86. The molecule has 0 aromatic carbocycles. The molecule has 0 aromatic rings. The lowest BCUT2D eigenvalue weighted by Gasteiger charge is -2.28. The van der Waals surface area contributed by atoms with Crippen molar-refractivity contribution in [2.24, 2.45) is 27.7 Å². The molecule has 2 unspecified atom stereocenters. The van der Waals surface area contributed by atoms with E-state index < -0.39 is 0 Å². The second kappa shape index (κ2) is 4.18. The van der Waals surface area contributed by atoms with Crippen LogP contribution in [0.15, 0.2) is 4.99 Å². The highest BCUT2D eigenvalue weighted by molar-refractivity contribution is 8.13. The van der Waals surface area contributed by atoms with Gasteiger partial charge in [0, 0.05) is 18.3 Å². The average Bonchev–Trinajstić information content (AvgIpc) is 2.61. The largest absolute Gasteiger partial charge is 0.362 e. The van der Waals surface area contributed by atoms with E-state index in [9.17, 15) is 0 Å². The van der Waals surface area contributed by atoms with Crippen LogP contribution in [0.5, 0.6) is 0 Å². The van der Waals surface area contributed by atoms with Crippen molar-refractivity contribution < 1.29 is 0 Å². The minimum absolute atomic E-state index is 0.454. The molecule has 98 valence electrons. The average molecular weight is 254 g/mol. The molecule has 0 bridgehead atoms. The first-order valence-corrected chi connectivity index (χ1v) is 7.69. The predicted octanol–water partition coefficient (Wildman–Crippen LogP) is 3.39. The van der Waals surface area contributed by atoms with E-state index in [4.69, 9.17) is 4.99 Å². The van der Waals surface area contributed by atoms with Gasteiger partial charge in [-0.15, -0.1) is 0 Å². The summed E-state index contributed by atoms with van der Waals surface area (Å²) in [6.07, 6.45) is 0. The molecule has 1 aliphatic heterocycles. The molecule has 0 spiro atoms. The Kier molecular flexibility index (Phi) is 3.26. The van der Waals surface area contributed by atoms with E-state index in [-0.39, 0.29) is 0 Å². The SMILES string of the molecule is CC1CSC(=NCC2C(C)(C)C2(C)C)NC1C. The van der Waals surface area contributed by atoms with Crippen LogP contribution in [0.2, 0.25) is 0 Å². The Hall–Kier alpha value is -0.180. The molecule has 2 atom stereocenters. The number of nitrogens with one attached hydrogen (secondary N) is 1. The summed E-state index contributed by atoms with van der Waals surface area (Å²) in [5.74, 6) is 2.68. The summed E-state index contributed by atoms with van der Waals surface area (Å²) in [5, 5.41) is 4.68. The Bertz CT molecular complexity index is 319. The van der Waals surface area contributed by atoms with E-state index in [0.29, 0.717) is 16.9 Å². The molecule has 2 aliphatic rings. The van der Waals surface area contributed by atoms with Gasteiger partial charge in [0.05, 0.1) is 0 Å². The molecule has 1 heterocycles. The van der Waals surface area contributed by atoms with E-state index in [0.717, 1.165) is 23.5 Å². The molecule has 2 fully saturated rings. The van der Waals surface area contributed by atoms with Crippen LogP contribution in [0.4, 0.5) is 0 Å². The van der Waals surface area contributed by atoms with Gasteiger partial charge in [0.25, 0.3) is 0 Å². The highest BCUT2D eigenvalue weighted by Crippen LogP contribution is 2.68. The fourth-order valence-electron chi connectivity index (χ4n) is 2.79. The lowest BCUT2D eigenvalue weighted by atomic mass is 10.0. The predicted molar refractivity (Wildman–Crippen MR) is 77.6 cm³/mol. The topological polar surface area (TPSA) is 24.4 Å². The number of nitrogens with zero attached hydrogens (tertiary/aromatic N) is 1. The lowest BCUT2D eigenvalue weighted by Crippen LogP contribution is -2.41. The molecular formula is C14H26N2S. The van der Waals surface area contributed by atoms with Gasteiger partial charge in [-0.25, -0.2) is 0 Å². The number of thioether (sulfide) groups is 1. The van der Waals surface area contributed by atoms with Crippen molar-refractivity contribution in [2.75, 3.05) is 12.3 Å². The number of hydrogen-bond acceptors (Lipinski definition) is 2. The van der Waals surface area contributed by atoms with Crippen LogP contribution < -0.4 is 5.32 Å². The molecule has 3 heteroatoms. The Morgan fingerprint density at radius 2 is 1.82 bits per heavy atom. The zero-order chi connectivity index (χ0) is 12.8. The maximum atomic E-state index is 4.79. The van der Waals surface area contributed by atoms with Crippen LogP contribution in [0.1, 0.15) is 41.5 Å². The van der Waals surface area contributed by atoms with Gasteiger partial charge in [-0.05, 0) is 29.6 Å². The summed E-state index contributed by atoms with van der Waals surface area (Å²) < 4.78 is 0. The van der Waals surface area contributed by atoms with E-state index in [1.54, 1.807) is 0 Å². The van der Waals surface area contributed by atoms with Crippen molar-refractivity contribution in [3.05, 3.63) is 0 Å². The molecule has 1 saturated heterocycles. The quantitative estimate of drug-likeness (QED) is 0.817. The van der Waals surface area contributed by atoms with E-state index in [1.807, 2.05) is 11.8 Å². The molecule has 0 amide bonds. The van der Waals surface area contributed by atoms with E-state index >= 15 is 0 Å². The maximum absolute atomic E-state index is 4.79. The van der Waals surface area contributed by atoms with Crippen LogP contribution in [0.25, 0.3) is 0 Å². The third kappa shape index (κ3) is 2.23. The normalized spacial score (nSPS) is 37.9. The van der Waals surface area contributed by atoms with Gasteiger partial charge in [-0.2, -0.15) is 0 Å². The fraction of sp³-hybridized carbons (Fsp3) is 0.929. The summed E-state index contributed by atoms with van der Waals surface area (Å²) in [6, 6.07) is 0.565. The first kappa shape index (κ1) is 13.3. The first-order valence-electron chi connectivity index (χ1n) is 6.70. The standard InChI is InChI=1S/C14H26N2S/c1-9-8-17-12(16-10(9)2)15-7-11-13(3,4)14(11,5)6/h9-11H,7-8H2,1-6H3,(H,15,16). The van der Waals surface area contributed by atoms with Gasteiger partial charge in [-0.3, -0.25) is 4.99 Å². The number of amidine groups is 1. The number of hydrogen-bond donors (Lipinski definition) is 1. The van der Waals surface area contributed by atoms with Gasteiger partial charge < -0.3 is 5.32 Å². The van der Waals surface area contributed by atoms with Crippen LogP contribution >= 0.6 is 11.8 Å². The molecule has 0 radical (unpaired) electrons. The van der Waals surface area contributed by atoms with Crippen LogP contribution in [0, 0.1) is 22.7 Å². The zero-order valence-corrected chi connectivity index (χ0v) is 12.8. The van der Waals surface area contributed by atoms with Gasteiger partial charge in [-0.1, -0.05) is 46.4 Å². The molecule has 1 N–H and O–H groups in total. The molecule has 0 aromatic heterocycles. The Morgan fingerprint density at radius 3 is 2.29 bits per heavy atom. The van der Waals surface area contributed by atoms with Crippen molar-refractivity contribution in [1.82, 2.24) is 5.32 Å². The van der Waals surface area contributed by atoms with Crippen LogP contribution in [0.3, 0.4) is 0 Å². The molecule has 2 nitrogen and oxygen atoms in total. The number of aliphatic imine (C=N–C) groups is 1. The third-order valence-corrected chi connectivity index (χ3v) is 6.64. The molecule has 17 heavy (non-hydrogen) atoms. The Morgan fingerprint density at radius 1 is 1.24 bits per heavy atom. The van der Waals surface area contributed by atoms with E-state index in [1.165, 1.54) is 5.75 Å². The first-order chi connectivity index (χ1) is 7.76. The van der Waals surface area contributed by atoms with Gasteiger partial charge in [0.2, 0.25) is 0 Å². The highest BCUT2D eigenvalue weighted by Gasteiger charge is 2.64. The van der Waals surface area contributed by atoms with Crippen molar-refractivity contribution in [3.63, 3.8) is 0 Å². The van der Waals surface area contributed by atoms with Crippen molar-refractivity contribution in [2.45, 2.75) is 47.6 Å². The summed E-state index contributed by atoms with van der Waals surface area (Å²) in [6.45, 7) is 15.0. The third-order valence-electron chi connectivity index (χ3n) is 5.42. The Balaban J connectivity index is 1.91. The van der Waals surface area contributed by atoms with Gasteiger partial charge >= 0.3 is 0 Å². The molecule has 2 rings (SSSR count). The number of rotatable bonds is 2. The lowest BCUT2D eigenvalue weighted by molar-refractivity contribution is 0.457. The molecule has 1 aliphatic carbocycles. The smallest absolute Gasteiger partial charge is 0.156 e. The second-order valence-corrected chi connectivity index (χ2v) is 7.87. The van der Waals surface area contributed by atoms with Gasteiger partial charge in [0.1, 0.15) is 0 Å². The fourth-order valence-corrected chi connectivity index (χ4v) is 3.93. The highest BCUT2D eigenvalue weighted by atomic mass is 32.2. The van der Waals surface area contributed by atoms with Crippen molar-refractivity contribution in [1.29, 1.82) is 0 Å².